The molecule has 1 N–H and O–H groups in total. The largest absolute Gasteiger partial charge is 0.503 e. The highest BCUT2D eigenvalue weighted by atomic mass is 19.1. The lowest BCUT2D eigenvalue weighted by Crippen LogP contribution is -2.60. The van der Waals surface area contributed by atoms with Crippen molar-refractivity contribution in [2.75, 3.05) is 0 Å². The van der Waals surface area contributed by atoms with E-state index in [0.717, 1.165) is 15.4 Å². The van der Waals surface area contributed by atoms with Gasteiger partial charge in [-0.2, -0.15) is 9.36 Å². The van der Waals surface area contributed by atoms with Gasteiger partial charge in [-0.15, -0.1) is 0 Å². The molecule has 0 atom stereocenters. The van der Waals surface area contributed by atoms with Crippen molar-refractivity contribution in [1.82, 2.24) is 19.8 Å². The summed E-state index contributed by atoms with van der Waals surface area (Å²) in [6.45, 7) is 5.34. The molecule has 0 aliphatic heterocycles. The Balaban J connectivity index is 2.73. The van der Waals surface area contributed by atoms with Crippen molar-refractivity contribution in [2.24, 2.45) is 7.05 Å². The van der Waals surface area contributed by atoms with Crippen LogP contribution in [0.4, 0.5) is 4.39 Å². The van der Waals surface area contributed by atoms with E-state index in [4.69, 9.17) is 36.1 Å². The van der Waals surface area contributed by atoms with E-state index in [2.05, 4.69) is 10.4 Å². The molecule has 0 amide bonds. The summed E-state index contributed by atoms with van der Waals surface area (Å²) in [5.41, 5.74) is -0.961. The quantitative estimate of drug-likeness (QED) is 0.698. The highest BCUT2D eigenvalue weighted by Gasteiger charge is 2.36. The van der Waals surface area contributed by atoms with Gasteiger partial charge in [0.2, 0.25) is 0 Å². The van der Waals surface area contributed by atoms with Crippen LogP contribution in [0.2, 0.25) is 0 Å². The van der Waals surface area contributed by atoms with Gasteiger partial charge in [-0.1, -0.05) is 20.8 Å². The Kier molecular flexibility index (Phi) is 4.96. The van der Waals surface area contributed by atoms with Gasteiger partial charge in [-0.25, -0.2) is 9.18 Å². The zero-order chi connectivity index (χ0) is 20.1. The second kappa shape index (κ2) is 6.33. The van der Waals surface area contributed by atoms with Crippen LogP contribution >= 0.6 is 0 Å². The van der Waals surface area contributed by atoms with Crippen molar-refractivity contribution in [2.45, 2.75) is 37.0 Å². The maximum absolute atomic E-state index is 14.6. The molecular formula is C14H15B4FN4O3. The van der Waals surface area contributed by atoms with Gasteiger partial charge in [-0.3, -0.25) is 0 Å². The molecule has 12 heteroatoms. The topological polar surface area (TPSA) is 82.2 Å². The molecule has 0 saturated carbocycles. The third kappa shape index (κ3) is 3.75. The van der Waals surface area contributed by atoms with Crippen LogP contribution in [-0.2, 0) is 12.5 Å². The summed E-state index contributed by atoms with van der Waals surface area (Å²) in [6, 6.07) is 2.31. The highest BCUT2D eigenvalue weighted by Crippen LogP contribution is 2.34. The lowest BCUT2D eigenvalue weighted by Gasteiger charge is -2.40. The number of aliphatic hydroxyl groups is 1. The molecule has 0 aliphatic rings. The molecule has 26 heavy (non-hydrogen) atoms. The molecule has 2 rings (SSSR count). The number of ether oxygens (including phenoxy) is 1. The number of rotatable bonds is 4. The first kappa shape index (κ1) is 20.4. The van der Waals surface area contributed by atoms with Crippen LogP contribution in [0, 0.1) is 5.82 Å². The van der Waals surface area contributed by atoms with Gasteiger partial charge in [0, 0.05) is 23.9 Å². The molecule has 128 valence electrons. The van der Waals surface area contributed by atoms with Crippen LogP contribution < -0.4 is 10.4 Å². The molecule has 1 heterocycles. The number of hydrogen-bond acceptors (Lipinski definition) is 5. The monoisotopic (exact) mass is 350 g/mol. The van der Waals surface area contributed by atoms with Gasteiger partial charge >= 0.3 is 5.69 Å². The lowest BCUT2D eigenvalue weighted by molar-refractivity contribution is 0.0809. The number of halogens is 1. The predicted molar refractivity (Wildman–Crippen MR) is 96.6 cm³/mol. The van der Waals surface area contributed by atoms with Gasteiger partial charge < -0.3 is 9.84 Å². The summed E-state index contributed by atoms with van der Waals surface area (Å²) in [4.78, 5) is 12.2. The van der Waals surface area contributed by atoms with Crippen molar-refractivity contribution in [3.63, 3.8) is 0 Å². The molecule has 1 aromatic carbocycles. The molecule has 1 aromatic heterocycles. The van der Waals surface area contributed by atoms with Crippen LogP contribution in [0.1, 0.15) is 26.3 Å². The van der Waals surface area contributed by atoms with E-state index in [-0.39, 0.29) is 17.0 Å². The normalized spacial score (nSPS) is 13.0. The van der Waals surface area contributed by atoms with Crippen LogP contribution in [0.3, 0.4) is 0 Å². The number of benzene rings is 1. The summed E-state index contributed by atoms with van der Waals surface area (Å²) >= 11 is 0. The first-order valence-electron chi connectivity index (χ1n) is 7.55. The Morgan fingerprint density at radius 2 is 1.73 bits per heavy atom. The SMILES string of the molecule is [B]C([B])(O)C([B])([B])Oc1cc(F)c(C(C)(C)C)cc1-n1nnn(C)c1=O. The maximum atomic E-state index is 14.6. The molecule has 0 saturated heterocycles. The lowest BCUT2D eigenvalue weighted by atomic mass is 9.42. The van der Waals surface area contributed by atoms with Gasteiger partial charge in [0.15, 0.2) is 0 Å². The predicted octanol–water partition coefficient (Wildman–Crippen LogP) is -1.24. The van der Waals surface area contributed by atoms with E-state index >= 15 is 0 Å². The highest BCUT2D eigenvalue weighted by molar-refractivity contribution is 6.53. The summed E-state index contributed by atoms with van der Waals surface area (Å²) in [5, 5.41) is 11.8. The fourth-order valence-corrected chi connectivity index (χ4v) is 2.09. The van der Waals surface area contributed by atoms with Crippen molar-refractivity contribution in [3.8, 4) is 11.4 Å². The van der Waals surface area contributed by atoms with Crippen molar-refractivity contribution in [1.29, 1.82) is 0 Å². The molecule has 7 nitrogen and oxygen atoms in total. The van der Waals surface area contributed by atoms with Crippen molar-refractivity contribution < 1.29 is 14.2 Å². The average Bonchev–Trinajstić information content (AvgIpc) is 2.76. The number of tetrazole rings is 1. The Morgan fingerprint density at radius 1 is 1.15 bits per heavy atom. The molecule has 0 aliphatic carbocycles. The molecule has 0 spiro atoms. The second-order valence-corrected chi connectivity index (χ2v) is 7.07. The average molecular weight is 350 g/mol. The summed E-state index contributed by atoms with van der Waals surface area (Å²) in [7, 11) is 23.1. The molecule has 2 aromatic rings. The molecule has 0 fully saturated rings. The number of aromatic nitrogens is 4. The smallest absolute Gasteiger partial charge is 0.368 e. The first-order valence-corrected chi connectivity index (χ1v) is 7.55. The Labute approximate surface area is 155 Å². The van der Waals surface area contributed by atoms with Gasteiger partial charge in [0.25, 0.3) is 0 Å². The zero-order valence-corrected chi connectivity index (χ0v) is 14.9. The van der Waals surface area contributed by atoms with Crippen LogP contribution in [0.5, 0.6) is 5.75 Å². The van der Waals surface area contributed by atoms with Gasteiger partial charge in [0.05, 0.1) is 0 Å². The van der Waals surface area contributed by atoms with E-state index in [1.54, 1.807) is 20.8 Å². The molecule has 8 radical (unpaired) electrons. The first-order chi connectivity index (χ1) is 11.6. The van der Waals surface area contributed by atoms with Gasteiger partial charge in [-0.05, 0) is 27.5 Å². The molecular weight excluding hydrogens is 334 g/mol. The second-order valence-electron chi connectivity index (χ2n) is 7.07. The van der Waals surface area contributed by atoms with Crippen LogP contribution in [-0.4, -0.2) is 67.1 Å². The van der Waals surface area contributed by atoms with Crippen molar-refractivity contribution in [3.05, 3.63) is 34.0 Å². The minimum Gasteiger partial charge on any atom is -0.503 e. The Hall–Kier alpha value is -1.96. The van der Waals surface area contributed by atoms with E-state index in [1.807, 2.05) is 0 Å². The van der Waals surface area contributed by atoms with Crippen LogP contribution in [0.25, 0.3) is 5.69 Å². The fourth-order valence-electron chi connectivity index (χ4n) is 2.09. The number of hydrogen-bond donors (Lipinski definition) is 1. The Morgan fingerprint density at radius 3 is 2.15 bits per heavy atom. The van der Waals surface area contributed by atoms with E-state index in [1.165, 1.54) is 13.1 Å². The standard InChI is InChI=1S/C14H15B4FN4O3/c1-12(2,3)7-5-9(23-11(24)22(4)20-21-23)10(6-8(7)19)26-14(17,18)13(15,16)25/h5-6,25H,1-4H3. The molecule has 0 unspecified atom stereocenters. The summed E-state index contributed by atoms with van der Waals surface area (Å²) in [6.07, 6.45) is 0. The number of aryl methyl sites for hydroxylation is 1. The van der Waals surface area contributed by atoms with Crippen molar-refractivity contribution >= 4 is 31.4 Å². The zero-order valence-electron chi connectivity index (χ0n) is 14.9. The van der Waals surface area contributed by atoms with E-state index < -0.39 is 27.7 Å². The van der Waals surface area contributed by atoms with E-state index in [9.17, 15) is 14.3 Å². The summed E-state index contributed by atoms with van der Waals surface area (Å²) < 4.78 is 21.7. The fraction of sp³-hybridized carbons (Fsp3) is 0.500. The van der Waals surface area contributed by atoms with Crippen LogP contribution in [0.15, 0.2) is 16.9 Å². The molecule has 0 bridgehead atoms. The minimum atomic E-state index is -2.66. The van der Waals surface area contributed by atoms with E-state index in [0.29, 0.717) is 0 Å². The maximum Gasteiger partial charge on any atom is 0.368 e. The third-order valence-corrected chi connectivity index (χ3v) is 3.71. The minimum absolute atomic E-state index is 0.000972. The number of nitrogens with zero attached hydrogens (tertiary/aromatic N) is 4. The third-order valence-electron chi connectivity index (χ3n) is 3.71. The Bertz CT molecular complexity index is 884. The van der Waals surface area contributed by atoms with Gasteiger partial charge in [0.1, 0.15) is 48.6 Å². The summed E-state index contributed by atoms with van der Waals surface area (Å²) in [5.74, 6) is -0.959.